The lowest BCUT2D eigenvalue weighted by Gasteiger charge is -2.05. The molecule has 3 nitrogen and oxygen atoms in total. The minimum Gasteiger partial charge on any atom is -0.316 e. The molecule has 0 aliphatic heterocycles. The molecule has 1 aromatic rings. The number of benzene rings is 1. The lowest BCUT2D eigenvalue weighted by atomic mass is 10.1. The van der Waals surface area contributed by atoms with E-state index in [1.165, 1.54) is 18.4 Å². The van der Waals surface area contributed by atoms with Gasteiger partial charge in [-0.15, -0.1) is 0 Å². The number of nitrogens with one attached hydrogen (secondary N) is 1. The van der Waals surface area contributed by atoms with E-state index in [2.05, 4.69) is 5.32 Å². The van der Waals surface area contributed by atoms with Crippen molar-refractivity contribution in [3.8, 4) is 0 Å². The van der Waals surface area contributed by atoms with Crippen LogP contribution >= 0.6 is 0 Å². The molecular formula is C12H17F2NO2S. The van der Waals surface area contributed by atoms with Crippen LogP contribution in [0.4, 0.5) is 8.78 Å². The molecule has 0 spiro atoms. The Bertz CT molecular complexity index is 469. The first-order valence-electron chi connectivity index (χ1n) is 5.70. The predicted octanol–water partition coefficient (Wildman–Crippen LogP) is 1.53. The Kier molecular flexibility index (Phi) is 5.68. The van der Waals surface area contributed by atoms with Crippen LogP contribution < -0.4 is 5.32 Å². The number of hydrogen-bond acceptors (Lipinski definition) is 3. The van der Waals surface area contributed by atoms with Crippen LogP contribution in [0.2, 0.25) is 0 Å². The second-order valence-corrected chi connectivity index (χ2v) is 6.52. The van der Waals surface area contributed by atoms with Crippen LogP contribution in [0.1, 0.15) is 12.0 Å². The van der Waals surface area contributed by atoms with Gasteiger partial charge in [-0.25, -0.2) is 17.2 Å². The summed E-state index contributed by atoms with van der Waals surface area (Å²) in [5.41, 5.74) is 0.586. The zero-order chi connectivity index (χ0) is 13.6. The SMILES string of the molecule is CS(=O)(=O)CCCNCCc1cc(F)cc(F)c1. The molecule has 0 bridgehead atoms. The summed E-state index contributed by atoms with van der Waals surface area (Å²) in [6.45, 7) is 1.14. The molecule has 0 aliphatic carbocycles. The fourth-order valence-electron chi connectivity index (χ4n) is 1.57. The molecule has 0 radical (unpaired) electrons. The van der Waals surface area contributed by atoms with Crippen molar-refractivity contribution in [2.24, 2.45) is 0 Å². The molecule has 1 N–H and O–H groups in total. The Morgan fingerprint density at radius 1 is 1.11 bits per heavy atom. The van der Waals surface area contributed by atoms with Gasteiger partial charge in [0.2, 0.25) is 0 Å². The van der Waals surface area contributed by atoms with Gasteiger partial charge < -0.3 is 5.32 Å². The quantitative estimate of drug-likeness (QED) is 0.769. The molecule has 0 aliphatic rings. The normalized spacial score (nSPS) is 11.7. The van der Waals surface area contributed by atoms with E-state index in [1.807, 2.05) is 0 Å². The summed E-state index contributed by atoms with van der Waals surface area (Å²) in [5, 5.41) is 3.04. The van der Waals surface area contributed by atoms with Gasteiger partial charge in [-0.05, 0) is 43.6 Å². The van der Waals surface area contributed by atoms with Crippen molar-refractivity contribution in [1.29, 1.82) is 0 Å². The van der Waals surface area contributed by atoms with Crippen LogP contribution in [0.25, 0.3) is 0 Å². The minimum absolute atomic E-state index is 0.147. The molecule has 0 fully saturated rings. The van der Waals surface area contributed by atoms with E-state index in [0.717, 1.165) is 6.07 Å². The molecule has 0 atom stereocenters. The highest BCUT2D eigenvalue weighted by Crippen LogP contribution is 2.07. The van der Waals surface area contributed by atoms with Crippen molar-refractivity contribution in [3.05, 3.63) is 35.4 Å². The third-order valence-electron chi connectivity index (χ3n) is 2.38. The first-order valence-corrected chi connectivity index (χ1v) is 7.76. The second-order valence-electron chi connectivity index (χ2n) is 4.26. The average Bonchev–Trinajstić information content (AvgIpc) is 2.20. The van der Waals surface area contributed by atoms with E-state index in [9.17, 15) is 17.2 Å². The monoisotopic (exact) mass is 277 g/mol. The first kappa shape index (κ1) is 15.0. The highest BCUT2D eigenvalue weighted by atomic mass is 32.2. The van der Waals surface area contributed by atoms with Crippen LogP contribution in [0.5, 0.6) is 0 Å². The van der Waals surface area contributed by atoms with Crippen LogP contribution in [-0.4, -0.2) is 33.5 Å². The summed E-state index contributed by atoms with van der Waals surface area (Å²) in [6.07, 6.45) is 2.24. The minimum atomic E-state index is -2.91. The molecule has 0 saturated heterocycles. The van der Waals surface area contributed by atoms with Crippen LogP contribution in [0.15, 0.2) is 18.2 Å². The van der Waals surface area contributed by atoms with Gasteiger partial charge in [0.05, 0.1) is 5.75 Å². The lowest BCUT2D eigenvalue weighted by molar-refractivity contribution is 0.576. The van der Waals surface area contributed by atoms with E-state index in [0.29, 0.717) is 31.5 Å². The van der Waals surface area contributed by atoms with Gasteiger partial charge in [-0.2, -0.15) is 0 Å². The van der Waals surface area contributed by atoms with Crippen molar-refractivity contribution in [1.82, 2.24) is 5.32 Å². The molecule has 1 aromatic carbocycles. The summed E-state index contributed by atoms with van der Waals surface area (Å²) in [4.78, 5) is 0. The van der Waals surface area contributed by atoms with Crippen molar-refractivity contribution in [2.75, 3.05) is 25.1 Å². The van der Waals surface area contributed by atoms with Gasteiger partial charge in [0.25, 0.3) is 0 Å². The van der Waals surface area contributed by atoms with E-state index >= 15 is 0 Å². The lowest BCUT2D eigenvalue weighted by Crippen LogP contribution is -2.20. The molecule has 18 heavy (non-hydrogen) atoms. The van der Waals surface area contributed by atoms with Crippen molar-refractivity contribution in [2.45, 2.75) is 12.8 Å². The Balaban J connectivity index is 2.22. The summed E-state index contributed by atoms with van der Waals surface area (Å²) in [5.74, 6) is -1.02. The summed E-state index contributed by atoms with van der Waals surface area (Å²) >= 11 is 0. The van der Waals surface area contributed by atoms with Crippen LogP contribution in [0, 0.1) is 11.6 Å². The van der Waals surface area contributed by atoms with Crippen molar-refractivity contribution >= 4 is 9.84 Å². The van der Waals surface area contributed by atoms with Crippen molar-refractivity contribution in [3.63, 3.8) is 0 Å². The third-order valence-corrected chi connectivity index (χ3v) is 3.41. The second kappa shape index (κ2) is 6.80. The summed E-state index contributed by atoms with van der Waals surface area (Å²) in [6, 6.07) is 3.42. The molecule has 1 rings (SSSR count). The first-order chi connectivity index (χ1) is 8.37. The van der Waals surface area contributed by atoms with Gasteiger partial charge >= 0.3 is 0 Å². The van der Waals surface area contributed by atoms with Gasteiger partial charge in [0, 0.05) is 12.3 Å². The molecule has 6 heteroatoms. The number of hydrogen-bond donors (Lipinski definition) is 1. The summed E-state index contributed by atoms with van der Waals surface area (Å²) < 4.78 is 47.4. The Morgan fingerprint density at radius 2 is 1.72 bits per heavy atom. The molecule has 102 valence electrons. The van der Waals surface area contributed by atoms with E-state index in [4.69, 9.17) is 0 Å². The zero-order valence-electron chi connectivity index (χ0n) is 10.2. The maximum absolute atomic E-state index is 12.9. The maximum atomic E-state index is 12.9. The fourth-order valence-corrected chi connectivity index (χ4v) is 2.24. The molecule has 0 heterocycles. The summed E-state index contributed by atoms with van der Waals surface area (Å²) in [7, 11) is -2.91. The van der Waals surface area contributed by atoms with Gasteiger partial charge in [-0.1, -0.05) is 0 Å². The molecule has 0 unspecified atom stereocenters. The molecule has 0 aromatic heterocycles. The molecule has 0 saturated carbocycles. The van der Waals surface area contributed by atoms with Crippen molar-refractivity contribution < 1.29 is 17.2 Å². The predicted molar refractivity (Wildman–Crippen MR) is 67.3 cm³/mol. The third kappa shape index (κ3) is 6.66. The highest BCUT2D eigenvalue weighted by Gasteiger charge is 2.02. The molecular weight excluding hydrogens is 260 g/mol. The topological polar surface area (TPSA) is 46.2 Å². The Labute approximate surface area is 106 Å². The van der Waals surface area contributed by atoms with E-state index < -0.39 is 21.5 Å². The number of halogens is 2. The van der Waals surface area contributed by atoms with Crippen LogP contribution in [-0.2, 0) is 16.3 Å². The van der Waals surface area contributed by atoms with Crippen LogP contribution in [0.3, 0.4) is 0 Å². The van der Waals surface area contributed by atoms with Gasteiger partial charge in [-0.3, -0.25) is 0 Å². The Morgan fingerprint density at radius 3 is 2.28 bits per heavy atom. The fraction of sp³-hybridized carbons (Fsp3) is 0.500. The van der Waals surface area contributed by atoms with Gasteiger partial charge in [0.15, 0.2) is 0 Å². The standard InChI is InChI=1S/C12H17F2NO2S/c1-18(16,17)6-2-4-15-5-3-10-7-11(13)9-12(14)8-10/h7-9,15H,2-6H2,1H3. The van der Waals surface area contributed by atoms with E-state index in [-0.39, 0.29) is 5.75 Å². The smallest absolute Gasteiger partial charge is 0.147 e. The van der Waals surface area contributed by atoms with E-state index in [1.54, 1.807) is 0 Å². The molecule has 0 amide bonds. The average molecular weight is 277 g/mol. The highest BCUT2D eigenvalue weighted by molar-refractivity contribution is 7.90. The largest absolute Gasteiger partial charge is 0.316 e. The maximum Gasteiger partial charge on any atom is 0.147 e. The number of sulfone groups is 1. The zero-order valence-corrected chi connectivity index (χ0v) is 11.1. The van der Waals surface area contributed by atoms with Gasteiger partial charge in [0.1, 0.15) is 21.5 Å². The Hall–Kier alpha value is -1.01. The number of rotatable bonds is 7.